The van der Waals surface area contributed by atoms with Gasteiger partial charge in [-0.2, -0.15) is 4.98 Å². The van der Waals surface area contributed by atoms with Crippen LogP contribution in [0.25, 0.3) is 0 Å². The normalized spacial score (nSPS) is 29.5. The standard InChI is InChI=1S/C8H13N3O/c1-5-3-9-4-7(5)8-10-6(2)11-12-8/h5,7,9H,3-4H2,1-2H3/t5-,7-/m0/s1. The molecule has 0 amide bonds. The molecule has 4 nitrogen and oxygen atoms in total. The fourth-order valence-corrected chi connectivity index (χ4v) is 1.60. The summed E-state index contributed by atoms with van der Waals surface area (Å²) in [4.78, 5) is 4.23. The van der Waals surface area contributed by atoms with Crippen LogP contribution in [-0.4, -0.2) is 23.2 Å². The van der Waals surface area contributed by atoms with Crippen molar-refractivity contribution in [1.82, 2.24) is 15.5 Å². The third kappa shape index (κ3) is 1.22. The van der Waals surface area contributed by atoms with E-state index in [4.69, 9.17) is 4.52 Å². The maximum absolute atomic E-state index is 5.12. The molecule has 0 bridgehead atoms. The molecule has 4 heteroatoms. The van der Waals surface area contributed by atoms with E-state index < -0.39 is 0 Å². The van der Waals surface area contributed by atoms with Crippen molar-refractivity contribution in [3.05, 3.63) is 11.7 Å². The van der Waals surface area contributed by atoms with Crippen molar-refractivity contribution in [3.63, 3.8) is 0 Å². The smallest absolute Gasteiger partial charge is 0.231 e. The fraction of sp³-hybridized carbons (Fsp3) is 0.750. The van der Waals surface area contributed by atoms with Crippen molar-refractivity contribution in [1.29, 1.82) is 0 Å². The molecule has 1 aromatic rings. The number of nitrogens with zero attached hydrogens (tertiary/aromatic N) is 2. The number of rotatable bonds is 1. The van der Waals surface area contributed by atoms with E-state index in [1.807, 2.05) is 6.92 Å². The number of aromatic nitrogens is 2. The predicted molar refractivity (Wildman–Crippen MR) is 43.8 cm³/mol. The van der Waals surface area contributed by atoms with Crippen molar-refractivity contribution >= 4 is 0 Å². The Hall–Kier alpha value is -0.900. The summed E-state index contributed by atoms with van der Waals surface area (Å²) in [6.07, 6.45) is 0. The molecule has 0 unspecified atom stereocenters. The predicted octanol–water partition coefficient (Wildman–Crippen LogP) is 0.701. The van der Waals surface area contributed by atoms with Gasteiger partial charge < -0.3 is 9.84 Å². The van der Waals surface area contributed by atoms with Gasteiger partial charge in [-0.3, -0.25) is 0 Å². The van der Waals surface area contributed by atoms with Crippen LogP contribution in [-0.2, 0) is 0 Å². The highest BCUT2D eigenvalue weighted by Gasteiger charge is 2.28. The zero-order chi connectivity index (χ0) is 8.55. The Morgan fingerprint density at radius 3 is 2.83 bits per heavy atom. The highest BCUT2D eigenvalue weighted by Crippen LogP contribution is 2.25. The molecule has 1 N–H and O–H groups in total. The third-order valence-electron chi connectivity index (χ3n) is 2.38. The largest absolute Gasteiger partial charge is 0.339 e. The summed E-state index contributed by atoms with van der Waals surface area (Å²) in [7, 11) is 0. The lowest BCUT2D eigenvalue weighted by molar-refractivity contribution is 0.337. The molecule has 0 saturated carbocycles. The number of aryl methyl sites for hydroxylation is 1. The van der Waals surface area contributed by atoms with E-state index in [1.54, 1.807) is 0 Å². The van der Waals surface area contributed by atoms with Crippen molar-refractivity contribution in [3.8, 4) is 0 Å². The molecule has 12 heavy (non-hydrogen) atoms. The summed E-state index contributed by atoms with van der Waals surface area (Å²) < 4.78 is 5.12. The molecular weight excluding hydrogens is 154 g/mol. The van der Waals surface area contributed by atoms with Crippen LogP contribution < -0.4 is 5.32 Å². The number of nitrogens with one attached hydrogen (secondary N) is 1. The van der Waals surface area contributed by atoms with Crippen LogP contribution in [0.2, 0.25) is 0 Å². The molecule has 0 radical (unpaired) electrons. The van der Waals surface area contributed by atoms with Gasteiger partial charge in [0.15, 0.2) is 5.82 Å². The summed E-state index contributed by atoms with van der Waals surface area (Å²) in [5, 5.41) is 7.08. The van der Waals surface area contributed by atoms with E-state index in [9.17, 15) is 0 Å². The minimum Gasteiger partial charge on any atom is -0.339 e. The van der Waals surface area contributed by atoms with Gasteiger partial charge in [0.05, 0.1) is 5.92 Å². The molecule has 0 spiro atoms. The Labute approximate surface area is 71.4 Å². The maximum atomic E-state index is 5.12. The second-order valence-electron chi connectivity index (χ2n) is 3.42. The minimum atomic E-state index is 0.409. The van der Waals surface area contributed by atoms with E-state index in [2.05, 4.69) is 22.4 Å². The SMILES string of the molecule is Cc1noc([C@H]2CNC[C@@H]2C)n1. The first-order valence-electron chi connectivity index (χ1n) is 4.28. The first kappa shape index (κ1) is 7.73. The van der Waals surface area contributed by atoms with Crippen molar-refractivity contribution < 1.29 is 4.52 Å². The molecule has 2 atom stereocenters. The summed E-state index contributed by atoms with van der Waals surface area (Å²) in [6.45, 7) is 6.05. The topological polar surface area (TPSA) is 51.0 Å². The third-order valence-corrected chi connectivity index (χ3v) is 2.38. The van der Waals surface area contributed by atoms with Gasteiger partial charge in [-0.25, -0.2) is 0 Å². The lowest BCUT2D eigenvalue weighted by atomic mass is 9.98. The Morgan fingerprint density at radius 2 is 2.33 bits per heavy atom. The summed E-state index contributed by atoms with van der Waals surface area (Å²) >= 11 is 0. The van der Waals surface area contributed by atoms with E-state index in [0.29, 0.717) is 11.8 Å². The van der Waals surface area contributed by atoms with E-state index in [0.717, 1.165) is 24.8 Å². The van der Waals surface area contributed by atoms with Crippen molar-refractivity contribution in [2.24, 2.45) is 5.92 Å². The molecule has 0 aromatic carbocycles. The monoisotopic (exact) mass is 167 g/mol. The molecule has 1 fully saturated rings. The minimum absolute atomic E-state index is 0.409. The van der Waals surface area contributed by atoms with Crippen LogP contribution in [0.3, 0.4) is 0 Å². The van der Waals surface area contributed by atoms with Crippen LogP contribution in [0.15, 0.2) is 4.52 Å². The second-order valence-corrected chi connectivity index (χ2v) is 3.42. The van der Waals surface area contributed by atoms with E-state index >= 15 is 0 Å². The average Bonchev–Trinajstić information content (AvgIpc) is 2.58. The first-order valence-corrected chi connectivity index (χ1v) is 4.28. The summed E-state index contributed by atoms with van der Waals surface area (Å²) in [6, 6.07) is 0. The van der Waals surface area contributed by atoms with E-state index in [-0.39, 0.29) is 0 Å². The maximum Gasteiger partial charge on any atom is 0.231 e. The Morgan fingerprint density at radius 1 is 1.50 bits per heavy atom. The van der Waals surface area contributed by atoms with Gasteiger partial charge in [0, 0.05) is 6.54 Å². The van der Waals surface area contributed by atoms with Gasteiger partial charge in [-0.1, -0.05) is 12.1 Å². The van der Waals surface area contributed by atoms with Crippen LogP contribution in [0.1, 0.15) is 24.6 Å². The van der Waals surface area contributed by atoms with Gasteiger partial charge in [0.1, 0.15) is 0 Å². The zero-order valence-corrected chi connectivity index (χ0v) is 7.37. The highest BCUT2D eigenvalue weighted by atomic mass is 16.5. The molecule has 2 rings (SSSR count). The molecule has 1 aromatic heterocycles. The van der Waals surface area contributed by atoms with Gasteiger partial charge >= 0.3 is 0 Å². The van der Waals surface area contributed by atoms with Gasteiger partial charge in [-0.05, 0) is 19.4 Å². The molecule has 66 valence electrons. The van der Waals surface area contributed by atoms with E-state index in [1.165, 1.54) is 0 Å². The molecule has 1 saturated heterocycles. The second kappa shape index (κ2) is 2.86. The van der Waals surface area contributed by atoms with Crippen LogP contribution in [0.4, 0.5) is 0 Å². The van der Waals surface area contributed by atoms with Crippen LogP contribution >= 0.6 is 0 Å². The quantitative estimate of drug-likeness (QED) is 0.669. The molecule has 2 heterocycles. The lowest BCUT2D eigenvalue weighted by Crippen LogP contribution is -2.08. The van der Waals surface area contributed by atoms with Crippen LogP contribution in [0, 0.1) is 12.8 Å². The summed E-state index contributed by atoms with van der Waals surface area (Å²) in [5.74, 6) is 2.52. The van der Waals surface area contributed by atoms with Gasteiger partial charge in [0.25, 0.3) is 0 Å². The highest BCUT2D eigenvalue weighted by molar-refractivity contribution is 4.99. The van der Waals surface area contributed by atoms with Gasteiger partial charge in [0.2, 0.25) is 5.89 Å². The van der Waals surface area contributed by atoms with Gasteiger partial charge in [-0.15, -0.1) is 0 Å². The van der Waals surface area contributed by atoms with Crippen molar-refractivity contribution in [2.75, 3.05) is 13.1 Å². The average molecular weight is 167 g/mol. The Kier molecular flexibility index (Phi) is 1.84. The fourth-order valence-electron chi connectivity index (χ4n) is 1.60. The Balaban J connectivity index is 2.19. The first-order chi connectivity index (χ1) is 5.77. The molecular formula is C8H13N3O. The zero-order valence-electron chi connectivity index (χ0n) is 7.37. The van der Waals surface area contributed by atoms with Crippen molar-refractivity contribution in [2.45, 2.75) is 19.8 Å². The summed E-state index contributed by atoms with van der Waals surface area (Å²) in [5.41, 5.74) is 0. The molecule has 0 aliphatic carbocycles. The molecule has 1 aliphatic rings. The number of hydrogen-bond donors (Lipinski definition) is 1. The lowest BCUT2D eigenvalue weighted by Gasteiger charge is -2.06. The van der Waals surface area contributed by atoms with Crippen LogP contribution in [0.5, 0.6) is 0 Å². The number of hydrogen-bond acceptors (Lipinski definition) is 4. The molecule has 1 aliphatic heterocycles. The Bertz CT molecular complexity index is 271.